The van der Waals surface area contributed by atoms with E-state index in [-0.39, 0.29) is 0 Å². The van der Waals surface area contributed by atoms with E-state index < -0.39 is 0 Å². The molecule has 3 heteroatoms. The lowest BCUT2D eigenvalue weighted by atomic mass is 10.1. The molecule has 2 rings (SSSR count). The van der Waals surface area contributed by atoms with Crippen molar-refractivity contribution in [3.05, 3.63) is 29.8 Å². The first kappa shape index (κ1) is 12.8. The van der Waals surface area contributed by atoms with Crippen LogP contribution in [0.3, 0.4) is 0 Å². The summed E-state index contributed by atoms with van der Waals surface area (Å²) in [6.45, 7) is 4.54. The third-order valence-electron chi connectivity index (χ3n) is 3.43. The van der Waals surface area contributed by atoms with Gasteiger partial charge in [0.1, 0.15) is 5.75 Å². The van der Waals surface area contributed by atoms with E-state index in [1.165, 1.54) is 17.7 Å². The van der Waals surface area contributed by atoms with Crippen molar-refractivity contribution in [3.8, 4) is 5.75 Å². The first-order chi connectivity index (χ1) is 8.20. The van der Waals surface area contributed by atoms with Gasteiger partial charge in [0.15, 0.2) is 0 Å². The van der Waals surface area contributed by atoms with Crippen LogP contribution >= 0.6 is 11.8 Å². The zero-order chi connectivity index (χ0) is 12.3. The fraction of sp³-hybridized carbons (Fsp3) is 0.571. The van der Waals surface area contributed by atoms with Crippen LogP contribution in [0.2, 0.25) is 0 Å². The first-order valence-electron chi connectivity index (χ1n) is 6.22. The van der Waals surface area contributed by atoms with Gasteiger partial charge in [-0.1, -0.05) is 19.1 Å². The van der Waals surface area contributed by atoms with Crippen molar-refractivity contribution in [3.63, 3.8) is 0 Å². The zero-order valence-corrected chi connectivity index (χ0v) is 11.6. The minimum absolute atomic E-state index is 0.385. The Morgan fingerprint density at radius 3 is 2.94 bits per heavy atom. The second-order valence-corrected chi connectivity index (χ2v) is 6.12. The molecule has 17 heavy (non-hydrogen) atoms. The Hall–Kier alpha value is -0.670. The Labute approximate surface area is 108 Å². The fourth-order valence-electron chi connectivity index (χ4n) is 2.28. The average molecular weight is 251 g/mol. The molecule has 0 bridgehead atoms. The summed E-state index contributed by atoms with van der Waals surface area (Å²) in [4.78, 5) is 0. The standard InChI is InChI=1S/C14H21NOS/c1-10(15-14-7-8-17-11(14)2)12-5-4-6-13(9-12)16-3/h4-6,9-11,14-15H,7-8H2,1-3H3. The van der Waals surface area contributed by atoms with Gasteiger partial charge >= 0.3 is 0 Å². The Morgan fingerprint density at radius 2 is 2.29 bits per heavy atom. The Balaban J connectivity index is 2.00. The fourth-order valence-corrected chi connectivity index (χ4v) is 3.49. The van der Waals surface area contributed by atoms with Crippen LogP contribution in [0.4, 0.5) is 0 Å². The molecule has 1 heterocycles. The van der Waals surface area contributed by atoms with Crippen LogP contribution in [-0.2, 0) is 0 Å². The van der Waals surface area contributed by atoms with Gasteiger partial charge in [0.05, 0.1) is 7.11 Å². The topological polar surface area (TPSA) is 21.3 Å². The largest absolute Gasteiger partial charge is 0.497 e. The van der Waals surface area contributed by atoms with E-state index >= 15 is 0 Å². The van der Waals surface area contributed by atoms with Gasteiger partial charge in [0.25, 0.3) is 0 Å². The van der Waals surface area contributed by atoms with Gasteiger partial charge in [-0.15, -0.1) is 0 Å². The summed E-state index contributed by atoms with van der Waals surface area (Å²) in [5.74, 6) is 2.22. The lowest BCUT2D eigenvalue weighted by Crippen LogP contribution is -2.35. The van der Waals surface area contributed by atoms with E-state index in [0.717, 1.165) is 11.0 Å². The van der Waals surface area contributed by atoms with Crippen LogP contribution in [0.15, 0.2) is 24.3 Å². The van der Waals surface area contributed by atoms with Crippen LogP contribution in [-0.4, -0.2) is 24.2 Å². The van der Waals surface area contributed by atoms with E-state index in [0.29, 0.717) is 12.1 Å². The summed E-state index contributed by atoms with van der Waals surface area (Å²) in [7, 11) is 1.72. The smallest absolute Gasteiger partial charge is 0.119 e. The predicted octanol–water partition coefficient (Wildman–Crippen LogP) is 3.24. The summed E-state index contributed by atoms with van der Waals surface area (Å²) in [5.41, 5.74) is 1.30. The average Bonchev–Trinajstić information content (AvgIpc) is 2.75. The van der Waals surface area contributed by atoms with Crippen LogP contribution in [0.1, 0.15) is 31.9 Å². The minimum atomic E-state index is 0.385. The van der Waals surface area contributed by atoms with Gasteiger partial charge in [-0.05, 0) is 36.8 Å². The number of benzene rings is 1. The zero-order valence-electron chi connectivity index (χ0n) is 10.8. The second-order valence-electron chi connectivity index (χ2n) is 4.64. The molecule has 2 nitrogen and oxygen atoms in total. The van der Waals surface area contributed by atoms with Crippen molar-refractivity contribution in [2.45, 2.75) is 37.6 Å². The molecule has 3 atom stereocenters. The number of nitrogens with one attached hydrogen (secondary N) is 1. The van der Waals surface area contributed by atoms with E-state index in [4.69, 9.17) is 4.74 Å². The maximum atomic E-state index is 5.26. The van der Waals surface area contributed by atoms with Crippen LogP contribution < -0.4 is 10.1 Å². The molecular formula is C14H21NOS. The van der Waals surface area contributed by atoms with Crippen LogP contribution in [0.5, 0.6) is 5.75 Å². The lowest BCUT2D eigenvalue weighted by molar-refractivity contribution is 0.411. The molecule has 1 N–H and O–H groups in total. The Morgan fingerprint density at radius 1 is 1.47 bits per heavy atom. The normalized spacial score (nSPS) is 25.8. The molecule has 0 amide bonds. The van der Waals surface area contributed by atoms with Crippen molar-refractivity contribution < 1.29 is 4.74 Å². The molecule has 94 valence electrons. The van der Waals surface area contributed by atoms with Crippen LogP contribution in [0, 0.1) is 0 Å². The highest BCUT2D eigenvalue weighted by Crippen LogP contribution is 2.28. The maximum absolute atomic E-state index is 5.26. The third kappa shape index (κ3) is 3.17. The predicted molar refractivity (Wildman–Crippen MR) is 74.9 cm³/mol. The molecular weight excluding hydrogens is 230 g/mol. The molecule has 1 aliphatic heterocycles. The van der Waals surface area contributed by atoms with Crippen molar-refractivity contribution in [1.29, 1.82) is 0 Å². The number of hydrogen-bond donors (Lipinski definition) is 1. The number of hydrogen-bond acceptors (Lipinski definition) is 3. The molecule has 0 aliphatic carbocycles. The monoisotopic (exact) mass is 251 g/mol. The number of methoxy groups -OCH3 is 1. The highest BCUT2D eigenvalue weighted by molar-refractivity contribution is 8.00. The van der Waals surface area contributed by atoms with Crippen molar-refractivity contribution in [2.75, 3.05) is 12.9 Å². The summed E-state index contributed by atoms with van der Waals surface area (Å²) in [6, 6.07) is 9.35. The van der Waals surface area contributed by atoms with Gasteiger partial charge in [-0.25, -0.2) is 0 Å². The van der Waals surface area contributed by atoms with Crippen molar-refractivity contribution >= 4 is 11.8 Å². The molecule has 1 saturated heterocycles. The molecule has 0 aromatic heterocycles. The quantitative estimate of drug-likeness (QED) is 0.887. The van der Waals surface area contributed by atoms with Crippen molar-refractivity contribution in [1.82, 2.24) is 5.32 Å². The molecule has 1 aromatic rings. The SMILES string of the molecule is COc1cccc(C(C)NC2CCSC2C)c1. The Bertz CT molecular complexity index is 369. The molecule has 1 fully saturated rings. The molecule has 0 saturated carbocycles. The summed E-state index contributed by atoms with van der Waals surface area (Å²) >= 11 is 2.06. The van der Waals surface area contributed by atoms with Gasteiger partial charge in [0, 0.05) is 17.3 Å². The summed E-state index contributed by atoms with van der Waals surface area (Å²) in [5, 5.41) is 4.44. The first-order valence-corrected chi connectivity index (χ1v) is 7.27. The van der Waals surface area contributed by atoms with E-state index in [9.17, 15) is 0 Å². The van der Waals surface area contributed by atoms with Gasteiger partial charge in [-0.3, -0.25) is 0 Å². The maximum Gasteiger partial charge on any atom is 0.119 e. The lowest BCUT2D eigenvalue weighted by Gasteiger charge is -2.22. The number of thioether (sulfide) groups is 1. The van der Waals surface area contributed by atoms with E-state index in [1.54, 1.807) is 7.11 Å². The molecule has 3 unspecified atom stereocenters. The highest BCUT2D eigenvalue weighted by Gasteiger charge is 2.25. The summed E-state index contributed by atoms with van der Waals surface area (Å²) in [6.07, 6.45) is 1.28. The molecule has 1 aliphatic rings. The second kappa shape index (κ2) is 5.78. The van der Waals surface area contributed by atoms with E-state index in [1.807, 2.05) is 6.07 Å². The Kier molecular flexibility index (Phi) is 4.35. The minimum Gasteiger partial charge on any atom is -0.497 e. The number of rotatable bonds is 4. The van der Waals surface area contributed by atoms with Gasteiger partial charge in [0.2, 0.25) is 0 Å². The summed E-state index contributed by atoms with van der Waals surface area (Å²) < 4.78 is 5.26. The molecule has 0 spiro atoms. The van der Waals surface area contributed by atoms with Gasteiger partial charge in [-0.2, -0.15) is 11.8 Å². The molecule has 1 aromatic carbocycles. The van der Waals surface area contributed by atoms with Gasteiger partial charge < -0.3 is 10.1 Å². The van der Waals surface area contributed by atoms with Crippen molar-refractivity contribution in [2.24, 2.45) is 0 Å². The number of ether oxygens (including phenoxy) is 1. The van der Waals surface area contributed by atoms with Crippen LogP contribution in [0.25, 0.3) is 0 Å². The molecule has 0 radical (unpaired) electrons. The third-order valence-corrected chi connectivity index (χ3v) is 4.76. The highest BCUT2D eigenvalue weighted by atomic mass is 32.2. The van der Waals surface area contributed by atoms with E-state index in [2.05, 4.69) is 49.1 Å².